The van der Waals surface area contributed by atoms with Gasteiger partial charge in [-0.3, -0.25) is 0 Å². The molecule has 1 atom stereocenters. The van der Waals surface area contributed by atoms with Crippen molar-refractivity contribution in [3.05, 3.63) is 29.0 Å². The number of rotatable bonds is 2. The van der Waals surface area contributed by atoms with Crippen LogP contribution in [0.25, 0.3) is 0 Å². The smallest absolute Gasteiger partial charge is 0.134 e. The first-order chi connectivity index (χ1) is 5.25. The molecule has 0 bridgehead atoms. The largest absolute Gasteiger partial charge is 0.387 e. The Labute approximate surface area is 69.8 Å². The van der Waals surface area contributed by atoms with Gasteiger partial charge in [-0.25, -0.2) is 4.98 Å². The number of pyridine rings is 1. The lowest BCUT2D eigenvalue weighted by molar-refractivity contribution is 0.186. The van der Waals surface area contributed by atoms with Crippen LogP contribution in [0.2, 0.25) is 5.15 Å². The zero-order valence-electron chi connectivity index (χ0n) is 5.87. The molecule has 0 saturated carbocycles. The van der Waals surface area contributed by atoms with Gasteiger partial charge in [0.15, 0.2) is 0 Å². The number of halogens is 1. The highest BCUT2D eigenvalue weighted by molar-refractivity contribution is 6.30. The molecule has 1 heterocycles. The van der Waals surface area contributed by atoms with Crippen LogP contribution in [-0.4, -0.2) is 16.6 Å². The standard InChI is InChI=1S/C7H9ClN2O/c8-7-5(6(11)4-9)2-1-3-10-7/h1-3,6,11H,4,9H2. The molecule has 4 heteroatoms. The Balaban J connectivity index is 2.93. The van der Waals surface area contributed by atoms with E-state index in [9.17, 15) is 5.11 Å². The van der Waals surface area contributed by atoms with Crippen LogP contribution >= 0.6 is 11.6 Å². The highest BCUT2D eigenvalue weighted by Gasteiger charge is 2.08. The van der Waals surface area contributed by atoms with Crippen molar-refractivity contribution in [1.29, 1.82) is 0 Å². The van der Waals surface area contributed by atoms with Gasteiger partial charge in [0.25, 0.3) is 0 Å². The molecule has 60 valence electrons. The number of hydrogen-bond donors (Lipinski definition) is 2. The van der Waals surface area contributed by atoms with Gasteiger partial charge >= 0.3 is 0 Å². The molecule has 0 fully saturated rings. The van der Waals surface area contributed by atoms with E-state index >= 15 is 0 Å². The van der Waals surface area contributed by atoms with Crippen molar-refractivity contribution in [3.63, 3.8) is 0 Å². The first-order valence-corrected chi connectivity index (χ1v) is 3.62. The molecular weight excluding hydrogens is 164 g/mol. The zero-order chi connectivity index (χ0) is 8.27. The molecule has 1 aromatic rings. The fourth-order valence-electron chi connectivity index (χ4n) is 0.774. The fraction of sp³-hybridized carbons (Fsp3) is 0.286. The van der Waals surface area contributed by atoms with Gasteiger partial charge in [-0.15, -0.1) is 0 Å². The third-order valence-electron chi connectivity index (χ3n) is 1.37. The maximum Gasteiger partial charge on any atom is 0.134 e. The Morgan fingerprint density at radius 3 is 3.00 bits per heavy atom. The maximum atomic E-state index is 9.26. The summed E-state index contributed by atoms with van der Waals surface area (Å²) in [7, 11) is 0. The molecule has 0 spiro atoms. The quantitative estimate of drug-likeness (QED) is 0.647. The summed E-state index contributed by atoms with van der Waals surface area (Å²) in [5.74, 6) is 0. The van der Waals surface area contributed by atoms with Gasteiger partial charge in [0.2, 0.25) is 0 Å². The minimum absolute atomic E-state index is 0.158. The van der Waals surface area contributed by atoms with Gasteiger partial charge in [-0.2, -0.15) is 0 Å². The van der Waals surface area contributed by atoms with Crippen LogP contribution in [0.4, 0.5) is 0 Å². The van der Waals surface area contributed by atoms with E-state index in [4.69, 9.17) is 17.3 Å². The van der Waals surface area contributed by atoms with Gasteiger partial charge < -0.3 is 10.8 Å². The molecular formula is C7H9ClN2O. The topological polar surface area (TPSA) is 59.1 Å². The predicted molar refractivity (Wildman–Crippen MR) is 43.3 cm³/mol. The van der Waals surface area contributed by atoms with Crippen molar-refractivity contribution in [2.24, 2.45) is 5.73 Å². The average molecular weight is 173 g/mol. The lowest BCUT2D eigenvalue weighted by Crippen LogP contribution is -2.12. The second-order valence-electron chi connectivity index (χ2n) is 2.13. The molecule has 0 aromatic carbocycles. The Morgan fingerprint density at radius 1 is 1.73 bits per heavy atom. The summed E-state index contributed by atoms with van der Waals surface area (Å²) in [6.07, 6.45) is 0.853. The molecule has 0 aliphatic rings. The molecule has 3 N–H and O–H groups in total. The molecule has 0 saturated heterocycles. The molecule has 11 heavy (non-hydrogen) atoms. The van der Waals surface area contributed by atoms with Crippen molar-refractivity contribution in [3.8, 4) is 0 Å². The summed E-state index contributed by atoms with van der Waals surface area (Å²) in [6.45, 7) is 0.158. The molecule has 0 aliphatic heterocycles. The maximum absolute atomic E-state index is 9.26. The lowest BCUT2D eigenvalue weighted by atomic mass is 10.2. The molecule has 1 rings (SSSR count). The Morgan fingerprint density at radius 2 is 2.45 bits per heavy atom. The normalized spacial score (nSPS) is 13.0. The highest BCUT2D eigenvalue weighted by Crippen LogP contribution is 2.18. The Kier molecular flexibility index (Phi) is 2.82. The van der Waals surface area contributed by atoms with Crippen molar-refractivity contribution in [2.75, 3.05) is 6.54 Å². The van der Waals surface area contributed by atoms with E-state index in [1.54, 1.807) is 18.3 Å². The van der Waals surface area contributed by atoms with Crippen LogP contribution in [0, 0.1) is 0 Å². The van der Waals surface area contributed by atoms with Crippen LogP contribution in [0.1, 0.15) is 11.7 Å². The van der Waals surface area contributed by atoms with Gasteiger partial charge in [-0.05, 0) is 6.07 Å². The van der Waals surface area contributed by atoms with E-state index in [1.165, 1.54) is 0 Å². The first kappa shape index (κ1) is 8.46. The van der Waals surface area contributed by atoms with Crippen molar-refractivity contribution in [2.45, 2.75) is 6.10 Å². The monoisotopic (exact) mass is 172 g/mol. The number of aliphatic hydroxyl groups is 1. The average Bonchev–Trinajstić information content (AvgIpc) is 2.04. The van der Waals surface area contributed by atoms with Gasteiger partial charge in [0, 0.05) is 18.3 Å². The molecule has 0 amide bonds. The number of aliphatic hydroxyl groups excluding tert-OH is 1. The number of nitrogens with zero attached hydrogens (tertiary/aromatic N) is 1. The van der Waals surface area contributed by atoms with Gasteiger partial charge in [0.05, 0.1) is 6.10 Å². The van der Waals surface area contributed by atoms with E-state index in [0.717, 1.165) is 0 Å². The third-order valence-corrected chi connectivity index (χ3v) is 1.69. The summed E-state index contributed by atoms with van der Waals surface area (Å²) in [6, 6.07) is 3.41. The van der Waals surface area contributed by atoms with Crippen molar-refractivity contribution in [1.82, 2.24) is 4.98 Å². The fourth-order valence-corrected chi connectivity index (χ4v) is 1.02. The number of nitrogens with two attached hydrogens (primary N) is 1. The van der Waals surface area contributed by atoms with Crippen molar-refractivity contribution < 1.29 is 5.11 Å². The van der Waals surface area contributed by atoms with E-state index in [0.29, 0.717) is 10.7 Å². The van der Waals surface area contributed by atoms with Gasteiger partial charge in [-0.1, -0.05) is 17.7 Å². The summed E-state index contributed by atoms with van der Waals surface area (Å²) in [4.78, 5) is 3.80. The SMILES string of the molecule is NCC(O)c1cccnc1Cl. The molecule has 1 aromatic heterocycles. The van der Waals surface area contributed by atoms with E-state index in [1.807, 2.05) is 0 Å². The molecule has 0 aliphatic carbocycles. The Hall–Kier alpha value is -0.640. The second-order valence-corrected chi connectivity index (χ2v) is 2.49. The molecule has 3 nitrogen and oxygen atoms in total. The summed E-state index contributed by atoms with van der Waals surface area (Å²) < 4.78 is 0. The highest BCUT2D eigenvalue weighted by atomic mass is 35.5. The van der Waals surface area contributed by atoms with E-state index in [2.05, 4.69) is 4.98 Å². The van der Waals surface area contributed by atoms with Crippen LogP contribution < -0.4 is 5.73 Å². The van der Waals surface area contributed by atoms with Crippen LogP contribution in [0.3, 0.4) is 0 Å². The van der Waals surface area contributed by atoms with Crippen LogP contribution in [0.15, 0.2) is 18.3 Å². The van der Waals surface area contributed by atoms with E-state index < -0.39 is 6.10 Å². The van der Waals surface area contributed by atoms with Crippen LogP contribution in [-0.2, 0) is 0 Å². The summed E-state index contributed by atoms with van der Waals surface area (Å²) >= 11 is 5.67. The molecule has 1 unspecified atom stereocenters. The zero-order valence-corrected chi connectivity index (χ0v) is 6.62. The predicted octanol–water partition coefficient (Wildman–Crippen LogP) is 0.727. The summed E-state index contributed by atoms with van der Waals surface area (Å²) in [5.41, 5.74) is 5.82. The van der Waals surface area contributed by atoms with Gasteiger partial charge in [0.1, 0.15) is 5.15 Å². The van der Waals surface area contributed by atoms with E-state index in [-0.39, 0.29) is 6.54 Å². The lowest BCUT2D eigenvalue weighted by Gasteiger charge is -2.07. The minimum Gasteiger partial charge on any atom is -0.387 e. The number of hydrogen-bond acceptors (Lipinski definition) is 3. The summed E-state index contributed by atoms with van der Waals surface area (Å²) in [5, 5.41) is 9.57. The first-order valence-electron chi connectivity index (χ1n) is 3.24. The van der Waals surface area contributed by atoms with Crippen molar-refractivity contribution >= 4 is 11.6 Å². The minimum atomic E-state index is -0.712. The third kappa shape index (κ3) is 1.89. The number of aromatic nitrogens is 1. The molecule has 0 radical (unpaired) electrons. The Bertz CT molecular complexity index is 242. The van der Waals surface area contributed by atoms with Crippen LogP contribution in [0.5, 0.6) is 0 Å². The second kappa shape index (κ2) is 3.67.